The Labute approximate surface area is 102 Å². The Hall–Kier alpha value is -0.610. The summed E-state index contributed by atoms with van der Waals surface area (Å²) < 4.78 is 4.83. The smallest absolute Gasteiger partial charge is 0.308 e. The molecule has 17 heavy (non-hydrogen) atoms. The fourth-order valence-corrected chi connectivity index (χ4v) is 4.23. The summed E-state index contributed by atoms with van der Waals surface area (Å²) >= 11 is 0. The van der Waals surface area contributed by atoms with Gasteiger partial charge < -0.3 is 9.84 Å². The molecule has 3 aliphatic rings. The van der Waals surface area contributed by atoms with E-state index >= 15 is 0 Å². The first kappa shape index (κ1) is 11.5. The predicted molar refractivity (Wildman–Crippen MR) is 62.4 cm³/mol. The van der Waals surface area contributed by atoms with Gasteiger partial charge in [0.15, 0.2) is 0 Å². The molecule has 0 unspecified atom stereocenters. The van der Waals surface area contributed by atoms with Crippen LogP contribution in [0.2, 0.25) is 0 Å². The molecule has 0 aromatic rings. The first-order valence-corrected chi connectivity index (χ1v) is 6.74. The molecule has 0 amide bonds. The summed E-state index contributed by atoms with van der Waals surface area (Å²) in [6.45, 7) is 1.13. The van der Waals surface area contributed by atoms with Crippen molar-refractivity contribution >= 4 is 5.97 Å². The Balaban J connectivity index is 1.73. The molecule has 4 nitrogen and oxygen atoms in total. The van der Waals surface area contributed by atoms with E-state index in [-0.39, 0.29) is 23.9 Å². The normalized spacial score (nSPS) is 45.4. The monoisotopic (exact) mass is 239 g/mol. The number of hydrogen-bond acceptors (Lipinski definition) is 4. The van der Waals surface area contributed by atoms with Crippen LogP contribution in [0.5, 0.6) is 0 Å². The first-order chi connectivity index (χ1) is 8.22. The van der Waals surface area contributed by atoms with Gasteiger partial charge in [0.05, 0.1) is 19.1 Å². The molecule has 96 valence electrons. The van der Waals surface area contributed by atoms with Gasteiger partial charge in [0.25, 0.3) is 0 Å². The van der Waals surface area contributed by atoms with Gasteiger partial charge in [0.1, 0.15) is 0 Å². The highest BCUT2D eigenvalue weighted by atomic mass is 16.5. The molecule has 5 atom stereocenters. The summed E-state index contributed by atoms with van der Waals surface area (Å²) in [5.41, 5.74) is 0. The highest BCUT2D eigenvalue weighted by Crippen LogP contribution is 2.45. The Morgan fingerprint density at radius 2 is 2.12 bits per heavy atom. The van der Waals surface area contributed by atoms with Gasteiger partial charge in [0.2, 0.25) is 0 Å². The van der Waals surface area contributed by atoms with Crippen molar-refractivity contribution in [2.24, 2.45) is 11.8 Å². The van der Waals surface area contributed by atoms with Gasteiger partial charge in [-0.1, -0.05) is 0 Å². The number of carbonyl (C=O) groups is 1. The van der Waals surface area contributed by atoms with E-state index in [9.17, 15) is 9.90 Å². The molecule has 0 aromatic carbocycles. The van der Waals surface area contributed by atoms with Crippen molar-refractivity contribution in [1.82, 2.24) is 4.90 Å². The predicted octanol–water partition coefficient (Wildman–Crippen LogP) is 0.783. The van der Waals surface area contributed by atoms with E-state index in [1.807, 2.05) is 0 Å². The lowest BCUT2D eigenvalue weighted by atomic mass is 9.76. The molecule has 1 N–H and O–H groups in total. The van der Waals surface area contributed by atoms with E-state index in [1.54, 1.807) is 0 Å². The number of nitrogens with zero attached hydrogens (tertiary/aromatic N) is 1. The zero-order valence-electron chi connectivity index (χ0n) is 10.3. The van der Waals surface area contributed by atoms with Crippen LogP contribution in [-0.4, -0.2) is 47.8 Å². The van der Waals surface area contributed by atoms with E-state index in [0.29, 0.717) is 12.1 Å². The van der Waals surface area contributed by atoms with Crippen LogP contribution in [0.1, 0.15) is 32.1 Å². The van der Waals surface area contributed by atoms with E-state index in [4.69, 9.17) is 4.74 Å². The summed E-state index contributed by atoms with van der Waals surface area (Å²) in [6, 6.07) is 0.875. The molecule has 2 saturated heterocycles. The van der Waals surface area contributed by atoms with Gasteiger partial charge in [-0.05, 0) is 38.6 Å². The van der Waals surface area contributed by atoms with Crippen LogP contribution in [0, 0.1) is 11.8 Å². The van der Waals surface area contributed by atoms with Crippen molar-refractivity contribution in [3.05, 3.63) is 0 Å². The molecular weight excluding hydrogens is 218 g/mol. The van der Waals surface area contributed by atoms with Gasteiger partial charge in [-0.3, -0.25) is 9.69 Å². The third-order valence-electron chi connectivity index (χ3n) is 5.00. The molecule has 1 aliphatic carbocycles. The molecule has 3 rings (SSSR count). The Morgan fingerprint density at radius 3 is 2.88 bits per heavy atom. The summed E-state index contributed by atoms with van der Waals surface area (Å²) in [5.74, 6) is 0.205. The maximum absolute atomic E-state index is 11.6. The van der Waals surface area contributed by atoms with Crippen LogP contribution in [-0.2, 0) is 9.53 Å². The molecule has 0 bridgehead atoms. The summed E-state index contributed by atoms with van der Waals surface area (Å²) in [5, 5.41) is 10.4. The average Bonchev–Trinajstić information content (AvgIpc) is 2.92. The number of aliphatic hydroxyl groups excluding tert-OH is 1. The number of esters is 1. The maximum Gasteiger partial charge on any atom is 0.308 e. The minimum absolute atomic E-state index is 0.0101. The molecule has 2 aliphatic heterocycles. The van der Waals surface area contributed by atoms with Crippen LogP contribution in [0.4, 0.5) is 0 Å². The molecule has 0 aromatic heterocycles. The summed E-state index contributed by atoms with van der Waals surface area (Å²) in [4.78, 5) is 14.1. The fourth-order valence-electron chi connectivity index (χ4n) is 4.23. The van der Waals surface area contributed by atoms with Crippen molar-refractivity contribution in [3.63, 3.8) is 0 Å². The third kappa shape index (κ3) is 1.69. The van der Waals surface area contributed by atoms with Gasteiger partial charge in [-0.15, -0.1) is 0 Å². The zero-order valence-corrected chi connectivity index (χ0v) is 10.3. The van der Waals surface area contributed by atoms with Crippen molar-refractivity contribution < 1.29 is 14.6 Å². The van der Waals surface area contributed by atoms with Crippen molar-refractivity contribution in [2.45, 2.75) is 50.3 Å². The zero-order chi connectivity index (χ0) is 12.0. The third-order valence-corrected chi connectivity index (χ3v) is 5.00. The molecule has 0 spiro atoms. The number of rotatable bonds is 1. The van der Waals surface area contributed by atoms with Crippen LogP contribution in [0.25, 0.3) is 0 Å². The lowest BCUT2D eigenvalue weighted by molar-refractivity contribution is -0.147. The molecule has 3 fully saturated rings. The first-order valence-electron chi connectivity index (χ1n) is 6.74. The Bertz CT molecular complexity index is 320. The molecule has 0 radical (unpaired) electrons. The number of methoxy groups -OCH3 is 1. The van der Waals surface area contributed by atoms with Gasteiger partial charge in [0, 0.05) is 18.0 Å². The van der Waals surface area contributed by atoms with Crippen LogP contribution in [0.3, 0.4) is 0 Å². The standard InChI is InChI=1S/C13H21NO3/c1-17-13(16)8-4-5-10-9(7-8)12(15)11-3-2-6-14(10)11/h8-12,15H,2-7H2,1H3/t8-,9+,10+,11+,12-/m0/s1. The molecular formula is C13H21NO3. The van der Waals surface area contributed by atoms with Crippen molar-refractivity contribution in [1.29, 1.82) is 0 Å². The second-order valence-electron chi connectivity index (χ2n) is 5.70. The second kappa shape index (κ2) is 4.25. The average molecular weight is 239 g/mol. The number of carbonyl (C=O) groups excluding carboxylic acids is 1. The Kier molecular flexibility index (Phi) is 2.87. The lowest BCUT2D eigenvalue weighted by Crippen LogP contribution is -2.39. The molecule has 2 heterocycles. The van der Waals surface area contributed by atoms with Crippen molar-refractivity contribution in [2.75, 3.05) is 13.7 Å². The minimum atomic E-state index is -0.227. The van der Waals surface area contributed by atoms with E-state index < -0.39 is 0 Å². The fraction of sp³-hybridized carbons (Fsp3) is 0.923. The highest BCUT2D eigenvalue weighted by molar-refractivity contribution is 5.72. The maximum atomic E-state index is 11.6. The summed E-state index contributed by atoms with van der Waals surface area (Å²) in [6.07, 6.45) is 4.88. The van der Waals surface area contributed by atoms with Gasteiger partial charge in [-0.25, -0.2) is 0 Å². The number of fused-ring (bicyclic) bond motifs is 3. The second-order valence-corrected chi connectivity index (χ2v) is 5.70. The van der Waals surface area contributed by atoms with Crippen LogP contribution < -0.4 is 0 Å². The van der Waals surface area contributed by atoms with Gasteiger partial charge in [-0.2, -0.15) is 0 Å². The van der Waals surface area contributed by atoms with E-state index in [1.165, 1.54) is 13.5 Å². The number of hydrogen-bond donors (Lipinski definition) is 1. The number of ether oxygens (including phenoxy) is 1. The number of aliphatic hydroxyl groups is 1. The quantitative estimate of drug-likeness (QED) is 0.687. The van der Waals surface area contributed by atoms with Crippen LogP contribution in [0.15, 0.2) is 0 Å². The Morgan fingerprint density at radius 1 is 1.29 bits per heavy atom. The topological polar surface area (TPSA) is 49.8 Å². The largest absolute Gasteiger partial charge is 0.469 e. The van der Waals surface area contributed by atoms with E-state index in [0.717, 1.165) is 32.2 Å². The summed E-state index contributed by atoms with van der Waals surface area (Å²) in [7, 11) is 1.46. The molecule has 1 saturated carbocycles. The highest BCUT2D eigenvalue weighted by Gasteiger charge is 2.52. The minimum Gasteiger partial charge on any atom is -0.469 e. The van der Waals surface area contributed by atoms with Gasteiger partial charge >= 0.3 is 5.97 Å². The SMILES string of the molecule is COC(=O)[C@H]1CC[C@@H]2[C@@H](C1)[C@H](O)[C@H]1CCCN12. The van der Waals surface area contributed by atoms with Crippen molar-refractivity contribution in [3.8, 4) is 0 Å². The molecule has 4 heteroatoms. The van der Waals surface area contributed by atoms with E-state index in [2.05, 4.69) is 4.90 Å². The van der Waals surface area contributed by atoms with Crippen LogP contribution >= 0.6 is 0 Å². The lowest BCUT2D eigenvalue weighted by Gasteiger charge is -2.34.